The lowest BCUT2D eigenvalue weighted by Crippen LogP contribution is -2.13. The number of esters is 1. The summed E-state index contributed by atoms with van der Waals surface area (Å²) >= 11 is 0. The number of nitrogens with one attached hydrogen (secondary N) is 2. The van der Waals surface area contributed by atoms with Crippen LogP contribution in [-0.2, 0) is 14.3 Å². The summed E-state index contributed by atoms with van der Waals surface area (Å²) in [7, 11) is 0. The summed E-state index contributed by atoms with van der Waals surface area (Å²) in [6.45, 7) is 2.68. The second-order valence-corrected chi connectivity index (χ2v) is 5.23. The van der Waals surface area contributed by atoms with Crippen molar-refractivity contribution < 1.29 is 19.4 Å². The lowest BCUT2D eigenvalue weighted by molar-refractivity contribution is -0.142. The molecule has 0 aliphatic heterocycles. The number of aliphatic carboxylic acids is 1. The molecular formula is C17H21N5O4. The summed E-state index contributed by atoms with van der Waals surface area (Å²) in [5.74, 6) is 0.177. The number of rotatable bonds is 10. The Morgan fingerprint density at radius 3 is 2.38 bits per heavy atom. The molecule has 0 saturated carbocycles. The topological polar surface area (TPSA) is 126 Å². The molecule has 138 valence electrons. The van der Waals surface area contributed by atoms with Gasteiger partial charge in [-0.05, 0) is 19.1 Å². The molecule has 0 spiro atoms. The molecule has 0 radical (unpaired) electrons. The summed E-state index contributed by atoms with van der Waals surface area (Å²) in [6.07, 6.45) is 1.81. The predicted molar refractivity (Wildman–Crippen MR) is 95.7 cm³/mol. The van der Waals surface area contributed by atoms with Gasteiger partial charge in [-0.2, -0.15) is 0 Å². The molecule has 0 amide bonds. The van der Waals surface area contributed by atoms with Gasteiger partial charge < -0.3 is 20.5 Å². The van der Waals surface area contributed by atoms with E-state index in [1.807, 2.05) is 6.07 Å². The fourth-order valence-corrected chi connectivity index (χ4v) is 2.06. The van der Waals surface area contributed by atoms with E-state index in [0.717, 1.165) is 0 Å². The molecule has 9 heteroatoms. The number of carbonyl (C=O) groups is 2. The van der Waals surface area contributed by atoms with Gasteiger partial charge in [0, 0.05) is 25.4 Å². The molecule has 0 atom stereocenters. The molecule has 0 aliphatic carbocycles. The number of hydrogen-bond donors (Lipinski definition) is 3. The number of pyridine rings is 1. The molecule has 9 nitrogen and oxygen atoms in total. The van der Waals surface area contributed by atoms with Crippen LogP contribution in [0.2, 0.25) is 0 Å². The van der Waals surface area contributed by atoms with Crippen LogP contribution in [0.1, 0.15) is 19.8 Å². The van der Waals surface area contributed by atoms with Gasteiger partial charge in [-0.15, -0.1) is 0 Å². The van der Waals surface area contributed by atoms with Crippen molar-refractivity contribution >= 4 is 23.6 Å². The number of carbonyl (C=O) groups excluding carboxylic acids is 1. The van der Waals surface area contributed by atoms with E-state index in [0.29, 0.717) is 36.3 Å². The van der Waals surface area contributed by atoms with Gasteiger partial charge in [-0.1, -0.05) is 6.07 Å². The number of anilines is 2. The van der Waals surface area contributed by atoms with Crippen LogP contribution in [0.4, 0.5) is 11.6 Å². The first-order chi connectivity index (χ1) is 12.6. The second kappa shape index (κ2) is 9.92. The highest BCUT2D eigenvalue weighted by atomic mass is 16.5. The Balaban J connectivity index is 2.11. The maximum atomic E-state index is 11.4. The van der Waals surface area contributed by atoms with Crippen LogP contribution in [0, 0.1) is 0 Å². The Bertz CT molecular complexity index is 739. The van der Waals surface area contributed by atoms with E-state index < -0.39 is 5.97 Å². The molecule has 2 aromatic rings. The second-order valence-electron chi connectivity index (χ2n) is 5.23. The third kappa shape index (κ3) is 6.34. The van der Waals surface area contributed by atoms with Gasteiger partial charge in [0.05, 0.1) is 19.4 Å². The maximum absolute atomic E-state index is 11.4. The van der Waals surface area contributed by atoms with Gasteiger partial charge in [0.15, 0.2) is 5.82 Å². The summed E-state index contributed by atoms with van der Waals surface area (Å²) < 4.78 is 4.88. The van der Waals surface area contributed by atoms with E-state index in [4.69, 9.17) is 9.84 Å². The SMILES string of the molecule is CCOC(=O)CCNc1cc(NCCC(=O)O)nc(-c2ccccn2)n1. The standard InChI is InChI=1S/C17H21N5O4/c1-2-26-16(25)7-10-20-14-11-13(19-9-6-15(23)24)21-17(22-14)12-5-3-4-8-18-12/h3-5,8,11H,2,6-7,9-10H2,1H3,(H,23,24)(H2,19,20,21,22). The van der Waals surface area contributed by atoms with Crippen molar-refractivity contribution in [3.8, 4) is 11.5 Å². The highest BCUT2D eigenvalue weighted by molar-refractivity contribution is 5.70. The van der Waals surface area contributed by atoms with E-state index >= 15 is 0 Å². The summed E-state index contributed by atoms with van der Waals surface area (Å²) in [4.78, 5) is 35.1. The highest BCUT2D eigenvalue weighted by Gasteiger charge is 2.09. The highest BCUT2D eigenvalue weighted by Crippen LogP contribution is 2.18. The average molecular weight is 359 g/mol. The minimum Gasteiger partial charge on any atom is -0.481 e. The first-order valence-corrected chi connectivity index (χ1v) is 8.24. The van der Waals surface area contributed by atoms with Gasteiger partial charge in [-0.3, -0.25) is 14.6 Å². The van der Waals surface area contributed by atoms with E-state index in [1.165, 1.54) is 0 Å². The van der Waals surface area contributed by atoms with Crippen LogP contribution < -0.4 is 10.6 Å². The van der Waals surface area contributed by atoms with Crippen molar-refractivity contribution in [2.24, 2.45) is 0 Å². The Morgan fingerprint density at radius 2 is 1.81 bits per heavy atom. The van der Waals surface area contributed by atoms with Gasteiger partial charge in [0.25, 0.3) is 0 Å². The number of carboxylic acid groups (broad SMARTS) is 1. The van der Waals surface area contributed by atoms with Gasteiger partial charge in [0.1, 0.15) is 17.3 Å². The Labute approximate surface area is 150 Å². The van der Waals surface area contributed by atoms with Crippen LogP contribution in [-0.4, -0.2) is 51.7 Å². The van der Waals surface area contributed by atoms with Crippen molar-refractivity contribution in [3.05, 3.63) is 30.5 Å². The fourth-order valence-electron chi connectivity index (χ4n) is 2.06. The number of aromatic nitrogens is 3. The summed E-state index contributed by atoms with van der Waals surface area (Å²) in [6, 6.07) is 7.04. The number of ether oxygens (including phenoxy) is 1. The first kappa shape index (κ1) is 19.1. The third-order valence-corrected chi connectivity index (χ3v) is 3.21. The molecule has 0 fully saturated rings. The first-order valence-electron chi connectivity index (χ1n) is 8.24. The van der Waals surface area contributed by atoms with Crippen LogP contribution in [0.25, 0.3) is 11.5 Å². The molecule has 0 aromatic carbocycles. The average Bonchev–Trinajstić information content (AvgIpc) is 2.62. The summed E-state index contributed by atoms with van der Waals surface area (Å²) in [5.41, 5.74) is 0.586. The zero-order valence-corrected chi connectivity index (χ0v) is 14.4. The van der Waals surface area contributed by atoms with Crippen molar-refractivity contribution in [2.45, 2.75) is 19.8 Å². The molecule has 0 saturated heterocycles. The third-order valence-electron chi connectivity index (χ3n) is 3.21. The van der Waals surface area contributed by atoms with Crippen molar-refractivity contribution in [2.75, 3.05) is 30.3 Å². The molecule has 2 aromatic heterocycles. The predicted octanol–water partition coefficient (Wildman–Crippen LogP) is 1.79. The smallest absolute Gasteiger partial charge is 0.307 e. The van der Waals surface area contributed by atoms with E-state index in [9.17, 15) is 9.59 Å². The van der Waals surface area contributed by atoms with Crippen LogP contribution >= 0.6 is 0 Å². The molecule has 26 heavy (non-hydrogen) atoms. The molecule has 2 rings (SSSR count). The molecule has 0 aliphatic rings. The minimum absolute atomic E-state index is 0.0332. The summed E-state index contributed by atoms with van der Waals surface area (Å²) in [5, 5.41) is 14.8. The monoisotopic (exact) mass is 359 g/mol. The number of nitrogens with zero attached hydrogens (tertiary/aromatic N) is 3. The largest absolute Gasteiger partial charge is 0.481 e. The van der Waals surface area contributed by atoms with Gasteiger partial charge in [-0.25, -0.2) is 9.97 Å². The fraction of sp³-hybridized carbons (Fsp3) is 0.353. The van der Waals surface area contributed by atoms with E-state index in [2.05, 4.69) is 25.6 Å². The number of carboxylic acids is 1. The quantitative estimate of drug-likeness (QED) is 0.544. The zero-order valence-electron chi connectivity index (χ0n) is 14.4. The van der Waals surface area contributed by atoms with Gasteiger partial charge in [0.2, 0.25) is 0 Å². The molecule has 0 unspecified atom stereocenters. The van der Waals surface area contributed by atoms with E-state index in [1.54, 1.807) is 31.3 Å². The molecule has 3 N–H and O–H groups in total. The molecular weight excluding hydrogens is 338 g/mol. The molecule has 2 heterocycles. The Kier molecular flexibility index (Phi) is 7.29. The maximum Gasteiger partial charge on any atom is 0.307 e. The number of hydrogen-bond acceptors (Lipinski definition) is 8. The van der Waals surface area contributed by atoms with Crippen molar-refractivity contribution in [1.29, 1.82) is 0 Å². The molecule has 0 bridgehead atoms. The zero-order chi connectivity index (χ0) is 18.8. The van der Waals surface area contributed by atoms with Crippen molar-refractivity contribution in [3.63, 3.8) is 0 Å². The van der Waals surface area contributed by atoms with Crippen LogP contribution in [0.15, 0.2) is 30.5 Å². The van der Waals surface area contributed by atoms with Crippen LogP contribution in [0.5, 0.6) is 0 Å². The van der Waals surface area contributed by atoms with Crippen molar-refractivity contribution in [1.82, 2.24) is 15.0 Å². The lowest BCUT2D eigenvalue weighted by Gasteiger charge is -2.11. The van der Waals surface area contributed by atoms with Gasteiger partial charge >= 0.3 is 11.9 Å². The Morgan fingerprint density at radius 1 is 1.12 bits per heavy atom. The normalized spacial score (nSPS) is 10.2. The lowest BCUT2D eigenvalue weighted by atomic mass is 10.3. The minimum atomic E-state index is -0.899. The van der Waals surface area contributed by atoms with E-state index in [-0.39, 0.29) is 25.4 Å². The Hall–Kier alpha value is -3.23. The van der Waals surface area contributed by atoms with Crippen LogP contribution in [0.3, 0.4) is 0 Å².